The normalized spacial score (nSPS) is 10.4. The third kappa shape index (κ3) is 4.50. The highest BCUT2D eigenvalue weighted by atomic mass is 35.5. The highest BCUT2D eigenvalue weighted by molar-refractivity contribution is 6.34. The SMILES string of the molecule is Cc1cccc(NCCC(=O)Nc2c(C)cc(C)cc2Cl)c1. The Morgan fingerprint density at radius 2 is 1.86 bits per heavy atom. The number of hydrogen-bond acceptors (Lipinski definition) is 2. The van der Waals surface area contributed by atoms with Gasteiger partial charge in [0, 0.05) is 18.7 Å². The molecular weight excluding hydrogens is 296 g/mol. The molecule has 0 aromatic heterocycles. The van der Waals surface area contributed by atoms with Gasteiger partial charge in [0.15, 0.2) is 0 Å². The molecule has 0 bridgehead atoms. The Balaban J connectivity index is 1.89. The summed E-state index contributed by atoms with van der Waals surface area (Å²) in [6, 6.07) is 11.9. The van der Waals surface area contributed by atoms with Crippen molar-refractivity contribution >= 4 is 28.9 Å². The molecule has 0 spiro atoms. The first-order valence-corrected chi connectivity index (χ1v) is 7.70. The molecule has 0 saturated carbocycles. The number of carbonyl (C=O) groups is 1. The van der Waals surface area contributed by atoms with Gasteiger partial charge in [-0.1, -0.05) is 29.8 Å². The molecule has 2 aromatic carbocycles. The summed E-state index contributed by atoms with van der Waals surface area (Å²) in [5, 5.41) is 6.72. The molecule has 0 atom stereocenters. The molecule has 22 heavy (non-hydrogen) atoms. The van der Waals surface area contributed by atoms with Crippen LogP contribution in [0.1, 0.15) is 23.1 Å². The van der Waals surface area contributed by atoms with E-state index in [-0.39, 0.29) is 5.91 Å². The average Bonchev–Trinajstić information content (AvgIpc) is 2.43. The van der Waals surface area contributed by atoms with Crippen LogP contribution >= 0.6 is 11.6 Å². The Hall–Kier alpha value is -2.00. The van der Waals surface area contributed by atoms with Crippen molar-refractivity contribution in [3.05, 3.63) is 58.1 Å². The topological polar surface area (TPSA) is 41.1 Å². The average molecular weight is 317 g/mol. The van der Waals surface area contributed by atoms with Gasteiger partial charge in [0.2, 0.25) is 5.91 Å². The van der Waals surface area contributed by atoms with Crippen LogP contribution in [0.5, 0.6) is 0 Å². The summed E-state index contributed by atoms with van der Waals surface area (Å²) in [6.45, 7) is 6.55. The molecule has 0 unspecified atom stereocenters. The van der Waals surface area contributed by atoms with Crippen LogP contribution in [-0.2, 0) is 4.79 Å². The van der Waals surface area contributed by atoms with Crippen LogP contribution in [0, 0.1) is 20.8 Å². The van der Waals surface area contributed by atoms with Crippen molar-refractivity contribution in [2.75, 3.05) is 17.2 Å². The second-order valence-corrected chi connectivity index (χ2v) is 5.94. The summed E-state index contributed by atoms with van der Waals surface area (Å²) in [6.07, 6.45) is 0.386. The van der Waals surface area contributed by atoms with E-state index < -0.39 is 0 Å². The zero-order chi connectivity index (χ0) is 16.1. The van der Waals surface area contributed by atoms with E-state index in [0.29, 0.717) is 23.7 Å². The molecule has 4 heteroatoms. The molecule has 116 valence electrons. The van der Waals surface area contributed by atoms with Gasteiger partial charge in [-0.3, -0.25) is 4.79 Å². The van der Waals surface area contributed by atoms with Crippen LogP contribution in [0.3, 0.4) is 0 Å². The molecular formula is C18H21ClN2O. The van der Waals surface area contributed by atoms with Crippen LogP contribution in [0.25, 0.3) is 0 Å². The van der Waals surface area contributed by atoms with E-state index in [9.17, 15) is 4.79 Å². The van der Waals surface area contributed by atoms with Crippen LogP contribution in [0.15, 0.2) is 36.4 Å². The van der Waals surface area contributed by atoms with Gasteiger partial charge < -0.3 is 10.6 Å². The number of carbonyl (C=O) groups excluding carboxylic acids is 1. The molecule has 2 N–H and O–H groups in total. The van der Waals surface area contributed by atoms with Crippen LogP contribution in [0.4, 0.5) is 11.4 Å². The summed E-state index contributed by atoms with van der Waals surface area (Å²) in [7, 11) is 0. The number of rotatable bonds is 5. The minimum absolute atomic E-state index is 0.0472. The van der Waals surface area contributed by atoms with Crippen molar-refractivity contribution in [1.29, 1.82) is 0 Å². The predicted molar refractivity (Wildman–Crippen MR) is 93.8 cm³/mol. The highest BCUT2D eigenvalue weighted by Crippen LogP contribution is 2.27. The summed E-state index contributed by atoms with van der Waals surface area (Å²) < 4.78 is 0. The highest BCUT2D eigenvalue weighted by Gasteiger charge is 2.09. The molecule has 1 amide bonds. The van der Waals surface area contributed by atoms with E-state index in [2.05, 4.69) is 16.7 Å². The molecule has 2 rings (SSSR count). The van der Waals surface area contributed by atoms with Gasteiger partial charge >= 0.3 is 0 Å². The first-order valence-electron chi connectivity index (χ1n) is 7.33. The molecule has 0 fully saturated rings. The molecule has 0 saturated heterocycles. The fraction of sp³-hybridized carbons (Fsp3) is 0.278. The maximum absolute atomic E-state index is 12.0. The van der Waals surface area contributed by atoms with Gasteiger partial charge in [-0.2, -0.15) is 0 Å². The summed E-state index contributed by atoms with van der Waals surface area (Å²) in [5.41, 5.74) is 4.98. The zero-order valence-electron chi connectivity index (χ0n) is 13.2. The third-order valence-corrected chi connectivity index (χ3v) is 3.69. The van der Waals surface area contributed by atoms with Crippen molar-refractivity contribution in [2.24, 2.45) is 0 Å². The smallest absolute Gasteiger partial charge is 0.226 e. The number of aryl methyl sites for hydroxylation is 3. The number of nitrogens with one attached hydrogen (secondary N) is 2. The Kier molecular flexibility index (Phi) is 5.45. The van der Waals surface area contributed by atoms with E-state index in [1.54, 1.807) is 0 Å². The fourth-order valence-electron chi connectivity index (χ4n) is 2.35. The Morgan fingerprint density at radius 3 is 2.55 bits per heavy atom. The molecule has 0 aliphatic rings. The molecule has 0 heterocycles. The fourth-order valence-corrected chi connectivity index (χ4v) is 2.72. The van der Waals surface area contributed by atoms with E-state index >= 15 is 0 Å². The lowest BCUT2D eigenvalue weighted by Crippen LogP contribution is -2.17. The lowest BCUT2D eigenvalue weighted by Gasteiger charge is -2.12. The molecule has 0 radical (unpaired) electrons. The predicted octanol–water partition coefficient (Wildman–Crippen LogP) is 4.71. The number of hydrogen-bond donors (Lipinski definition) is 2. The van der Waals surface area contributed by atoms with Gasteiger partial charge in [0.05, 0.1) is 10.7 Å². The van der Waals surface area contributed by atoms with Crippen LogP contribution in [0.2, 0.25) is 5.02 Å². The number of halogens is 1. The molecule has 0 aliphatic heterocycles. The Morgan fingerprint density at radius 1 is 1.09 bits per heavy atom. The van der Waals surface area contributed by atoms with Crippen molar-refractivity contribution < 1.29 is 4.79 Å². The third-order valence-electron chi connectivity index (χ3n) is 3.40. The molecule has 0 aliphatic carbocycles. The van der Waals surface area contributed by atoms with Gasteiger partial charge in [-0.05, 0) is 55.7 Å². The Bertz CT molecular complexity index is 660. The second kappa shape index (κ2) is 7.32. The minimum Gasteiger partial charge on any atom is -0.385 e. The van der Waals surface area contributed by atoms with Crippen molar-refractivity contribution in [1.82, 2.24) is 0 Å². The molecule has 2 aromatic rings. The van der Waals surface area contributed by atoms with E-state index in [1.165, 1.54) is 5.56 Å². The maximum Gasteiger partial charge on any atom is 0.226 e. The van der Waals surface area contributed by atoms with E-state index in [0.717, 1.165) is 16.8 Å². The maximum atomic E-state index is 12.0. The van der Waals surface area contributed by atoms with Crippen LogP contribution < -0.4 is 10.6 Å². The quantitative estimate of drug-likeness (QED) is 0.839. The number of anilines is 2. The zero-order valence-corrected chi connectivity index (χ0v) is 13.9. The number of benzene rings is 2. The summed E-state index contributed by atoms with van der Waals surface area (Å²) in [5.74, 6) is -0.0472. The standard InChI is InChI=1S/C18H21ClN2O/c1-12-5-4-6-15(10-12)20-8-7-17(22)21-18-14(3)9-13(2)11-16(18)19/h4-6,9-11,20H,7-8H2,1-3H3,(H,21,22). The van der Waals surface area contributed by atoms with Gasteiger partial charge in [0.1, 0.15) is 0 Å². The first-order chi connectivity index (χ1) is 10.5. The first kappa shape index (κ1) is 16.4. The monoisotopic (exact) mass is 316 g/mol. The lowest BCUT2D eigenvalue weighted by atomic mass is 10.1. The minimum atomic E-state index is -0.0472. The van der Waals surface area contributed by atoms with Gasteiger partial charge in [0.25, 0.3) is 0 Å². The Labute approximate surface area is 136 Å². The largest absolute Gasteiger partial charge is 0.385 e. The van der Waals surface area contributed by atoms with Gasteiger partial charge in [-0.15, -0.1) is 0 Å². The van der Waals surface area contributed by atoms with E-state index in [1.807, 2.05) is 51.1 Å². The van der Waals surface area contributed by atoms with E-state index in [4.69, 9.17) is 11.6 Å². The van der Waals surface area contributed by atoms with Crippen LogP contribution in [-0.4, -0.2) is 12.5 Å². The van der Waals surface area contributed by atoms with Gasteiger partial charge in [-0.25, -0.2) is 0 Å². The van der Waals surface area contributed by atoms with Crippen molar-refractivity contribution in [3.8, 4) is 0 Å². The lowest BCUT2D eigenvalue weighted by molar-refractivity contribution is -0.115. The molecule has 3 nitrogen and oxygen atoms in total. The van der Waals surface area contributed by atoms with Crippen molar-refractivity contribution in [2.45, 2.75) is 27.2 Å². The summed E-state index contributed by atoms with van der Waals surface area (Å²) >= 11 is 6.20. The van der Waals surface area contributed by atoms with Crippen molar-refractivity contribution in [3.63, 3.8) is 0 Å². The number of amides is 1. The second-order valence-electron chi connectivity index (χ2n) is 5.53. The summed E-state index contributed by atoms with van der Waals surface area (Å²) in [4.78, 5) is 12.0.